The van der Waals surface area contributed by atoms with Crippen molar-refractivity contribution >= 4 is 0 Å². The first kappa shape index (κ1) is 15.4. The van der Waals surface area contributed by atoms with Gasteiger partial charge in [-0.05, 0) is 46.1 Å². The Morgan fingerprint density at radius 2 is 2.00 bits per heavy atom. The summed E-state index contributed by atoms with van der Waals surface area (Å²) in [6.07, 6.45) is 3.17. The van der Waals surface area contributed by atoms with Gasteiger partial charge in [0.15, 0.2) is 0 Å². The van der Waals surface area contributed by atoms with Crippen LogP contribution in [0.2, 0.25) is 0 Å². The van der Waals surface area contributed by atoms with Crippen LogP contribution in [0.3, 0.4) is 0 Å². The van der Waals surface area contributed by atoms with E-state index in [0.717, 1.165) is 25.9 Å². The lowest BCUT2D eigenvalue weighted by Crippen LogP contribution is -2.38. The van der Waals surface area contributed by atoms with E-state index >= 15 is 0 Å². The van der Waals surface area contributed by atoms with E-state index in [-0.39, 0.29) is 0 Å². The highest BCUT2D eigenvalue weighted by Gasteiger charge is 2.20. The van der Waals surface area contributed by atoms with E-state index in [9.17, 15) is 0 Å². The van der Waals surface area contributed by atoms with Crippen LogP contribution in [0.5, 0.6) is 0 Å². The summed E-state index contributed by atoms with van der Waals surface area (Å²) >= 11 is 0. The molecule has 0 aromatic rings. The Kier molecular flexibility index (Phi) is 7.36. The van der Waals surface area contributed by atoms with Crippen molar-refractivity contribution in [3.05, 3.63) is 0 Å². The van der Waals surface area contributed by atoms with E-state index in [0.29, 0.717) is 12.0 Å². The van der Waals surface area contributed by atoms with Crippen molar-refractivity contribution in [3.63, 3.8) is 0 Å². The Morgan fingerprint density at radius 1 is 1.38 bits per heavy atom. The van der Waals surface area contributed by atoms with Gasteiger partial charge < -0.3 is 10.1 Å². The van der Waals surface area contributed by atoms with Crippen molar-refractivity contribution in [2.45, 2.75) is 58.6 Å². The maximum atomic E-state index is 8.96. The van der Waals surface area contributed by atoms with Crippen LogP contribution in [-0.4, -0.2) is 25.3 Å². The van der Waals surface area contributed by atoms with Gasteiger partial charge in [-0.1, -0.05) is 13.8 Å². The van der Waals surface area contributed by atoms with Gasteiger partial charge in [0.1, 0.15) is 5.54 Å². The molecule has 0 aliphatic rings. The second kappa shape index (κ2) is 7.65. The first-order chi connectivity index (χ1) is 7.43. The molecule has 94 valence electrons. The van der Waals surface area contributed by atoms with Crippen molar-refractivity contribution in [2.24, 2.45) is 5.92 Å². The standard InChI is InChI=1S/C13H26N2O/c1-11(2)9-12(3)16-8-6-7-13(4,10-14)15-5/h11-12,15H,6-9H2,1-5H3. The van der Waals surface area contributed by atoms with E-state index in [1.165, 1.54) is 0 Å². The van der Waals surface area contributed by atoms with Crippen LogP contribution in [0, 0.1) is 17.2 Å². The van der Waals surface area contributed by atoms with Crippen molar-refractivity contribution in [3.8, 4) is 6.07 Å². The highest BCUT2D eigenvalue weighted by molar-refractivity contribution is 5.02. The fraction of sp³-hybridized carbons (Fsp3) is 0.923. The minimum atomic E-state index is -0.412. The number of nitriles is 1. The molecule has 0 saturated carbocycles. The lowest BCUT2D eigenvalue weighted by Gasteiger charge is -2.21. The Bertz CT molecular complexity index is 222. The zero-order valence-electron chi connectivity index (χ0n) is 11.3. The van der Waals surface area contributed by atoms with Crippen LogP contribution in [0.25, 0.3) is 0 Å². The Morgan fingerprint density at radius 3 is 2.44 bits per heavy atom. The summed E-state index contributed by atoms with van der Waals surface area (Å²) in [5.74, 6) is 0.677. The minimum absolute atomic E-state index is 0.322. The summed E-state index contributed by atoms with van der Waals surface area (Å²) in [4.78, 5) is 0. The molecule has 0 radical (unpaired) electrons. The van der Waals surface area contributed by atoms with Crippen LogP contribution in [0.4, 0.5) is 0 Å². The van der Waals surface area contributed by atoms with E-state index < -0.39 is 5.54 Å². The molecule has 0 aliphatic heterocycles. The largest absolute Gasteiger partial charge is 0.378 e. The molecular formula is C13H26N2O. The van der Waals surface area contributed by atoms with Crippen LogP contribution >= 0.6 is 0 Å². The molecule has 2 unspecified atom stereocenters. The summed E-state index contributed by atoms with van der Waals surface area (Å²) < 4.78 is 5.70. The number of rotatable bonds is 8. The molecule has 0 rings (SSSR count). The molecule has 0 aliphatic carbocycles. The molecule has 2 atom stereocenters. The van der Waals surface area contributed by atoms with Crippen LogP contribution in [-0.2, 0) is 4.74 Å². The second-order valence-corrected chi connectivity index (χ2v) is 5.11. The molecule has 0 spiro atoms. The Hall–Kier alpha value is -0.590. The van der Waals surface area contributed by atoms with E-state index in [1.807, 2.05) is 14.0 Å². The van der Waals surface area contributed by atoms with Gasteiger partial charge in [-0.25, -0.2) is 0 Å². The van der Waals surface area contributed by atoms with Crippen LogP contribution < -0.4 is 5.32 Å². The number of hydrogen-bond acceptors (Lipinski definition) is 3. The Balaban J connectivity index is 3.64. The van der Waals surface area contributed by atoms with Gasteiger partial charge in [-0.3, -0.25) is 0 Å². The molecule has 0 aromatic carbocycles. The number of hydrogen-bond donors (Lipinski definition) is 1. The smallest absolute Gasteiger partial charge is 0.103 e. The SMILES string of the molecule is CNC(C)(C#N)CCCOC(C)CC(C)C. The molecule has 1 N–H and O–H groups in total. The van der Waals surface area contributed by atoms with E-state index in [2.05, 4.69) is 32.2 Å². The van der Waals surface area contributed by atoms with Gasteiger partial charge in [-0.15, -0.1) is 0 Å². The van der Waals surface area contributed by atoms with Gasteiger partial charge in [0, 0.05) is 6.61 Å². The summed E-state index contributed by atoms with van der Waals surface area (Å²) in [6.45, 7) is 9.18. The first-order valence-corrected chi connectivity index (χ1v) is 6.15. The van der Waals surface area contributed by atoms with Gasteiger partial charge in [0.05, 0.1) is 12.2 Å². The second-order valence-electron chi connectivity index (χ2n) is 5.11. The molecule has 0 saturated heterocycles. The fourth-order valence-electron chi connectivity index (χ4n) is 1.68. The monoisotopic (exact) mass is 226 g/mol. The van der Waals surface area contributed by atoms with Gasteiger partial charge in [-0.2, -0.15) is 5.26 Å². The molecule has 16 heavy (non-hydrogen) atoms. The predicted molar refractivity (Wildman–Crippen MR) is 67.2 cm³/mol. The number of ether oxygens (including phenoxy) is 1. The third-order valence-electron chi connectivity index (χ3n) is 2.83. The molecule has 0 amide bonds. The third kappa shape index (κ3) is 6.81. The predicted octanol–water partition coefficient (Wildman–Crippen LogP) is 2.72. The summed E-state index contributed by atoms with van der Waals surface area (Å²) in [5, 5.41) is 12.0. The zero-order valence-corrected chi connectivity index (χ0v) is 11.3. The molecule has 0 aromatic heterocycles. The Labute approximate surface area is 100 Å². The fourth-order valence-corrected chi connectivity index (χ4v) is 1.68. The topological polar surface area (TPSA) is 45.0 Å². The van der Waals surface area contributed by atoms with Crippen molar-refractivity contribution < 1.29 is 4.74 Å². The number of nitrogens with zero attached hydrogens (tertiary/aromatic N) is 1. The molecular weight excluding hydrogens is 200 g/mol. The van der Waals surface area contributed by atoms with Crippen LogP contribution in [0.15, 0.2) is 0 Å². The van der Waals surface area contributed by atoms with Gasteiger partial charge >= 0.3 is 0 Å². The normalized spacial score (nSPS) is 16.8. The summed E-state index contributed by atoms with van der Waals surface area (Å²) in [5.41, 5.74) is -0.412. The zero-order chi connectivity index (χ0) is 12.6. The van der Waals surface area contributed by atoms with Gasteiger partial charge in [0.25, 0.3) is 0 Å². The average molecular weight is 226 g/mol. The van der Waals surface area contributed by atoms with Gasteiger partial charge in [0.2, 0.25) is 0 Å². The molecule has 0 bridgehead atoms. The lowest BCUT2D eigenvalue weighted by atomic mass is 9.98. The maximum Gasteiger partial charge on any atom is 0.103 e. The molecule has 0 heterocycles. The van der Waals surface area contributed by atoms with Crippen molar-refractivity contribution in [1.29, 1.82) is 5.26 Å². The summed E-state index contributed by atoms with van der Waals surface area (Å²) in [6, 6.07) is 2.28. The van der Waals surface area contributed by atoms with Crippen molar-refractivity contribution in [2.75, 3.05) is 13.7 Å². The van der Waals surface area contributed by atoms with Crippen LogP contribution in [0.1, 0.15) is 47.0 Å². The first-order valence-electron chi connectivity index (χ1n) is 6.15. The molecule has 3 heteroatoms. The highest BCUT2D eigenvalue weighted by Crippen LogP contribution is 2.12. The third-order valence-corrected chi connectivity index (χ3v) is 2.83. The van der Waals surface area contributed by atoms with E-state index in [4.69, 9.17) is 10.00 Å². The number of nitrogens with one attached hydrogen (secondary N) is 1. The lowest BCUT2D eigenvalue weighted by molar-refractivity contribution is 0.0477. The van der Waals surface area contributed by atoms with E-state index in [1.54, 1.807) is 0 Å². The minimum Gasteiger partial charge on any atom is -0.378 e. The summed E-state index contributed by atoms with van der Waals surface area (Å²) in [7, 11) is 1.82. The highest BCUT2D eigenvalue weighted by atomic mass is 16.5. The maximum absolute atomic E-state index is 8.96. The molecule has 3 nitrogen and oxygen atoms in total. The average Bonchev–Trinajstić information content (AvgIpc) is 2.23. The quantitative estimate of drug-likeness (QED) is 0.647. The van der Waals surface area contributed by atoms with Crippen molar-refractivity contribution in [1.82, 2.24) is 5.32 Å². The molecule has 0 fully saturated rings.